The van der Waals surface area contributed by atoms with Crippen LogP contribution in [-0.2, 0) is 0 Å². The first kappa shape index (κ1) is 16.0. The molecule has 0 fully saturated rings. The molecule has 2 aromatic heterocycles. The molecule has 24 heavy (non-hydrogen) atoms. The van der Waals surface area contributed by atoms with E-state index in [1.165, 1.54) is 23.5 Å². The predicted molar refractivity (Wildman–Crippen MR) is 91.3 cm³/mol. The Morgan fingerprint density at radius 1 is 1.21 bits per heavy atom. The number of hydrogen-bond acceptors (Lipinski definition) is 6. The minimum absolute atomic E-state index is 0.112. The average Bonchev–Trinajstić information content (AvgIpc) is 3.05. The van der Waals surface area contributed by atoms with E-state index in [0.29, 0.717) is 5.13 Å². The molecule has 8 heteroatoms. The van der Waals surface area contributed by atoms with E-state index < -0.39 is 5.91 Å². The highest BCUT2D eigenvalue weighted by Gasteiger charge is 2.18. The van der Waals surface area contributed by atoms with E-state index in [4.69, 9.17) is 0 Å². The molecule has 1 atom stereocenters. The van der Waals surface area contributed by atoms with Crippen LogP contribution in [0, 0.1) is 0 Å². The van der Waals surface area contributed by atoms with Crippen molar-refractivity contribution in [2.75, 3.05) is 5.32 Å². The van der Waals surface area contributed by atoms with Crippen molar-refractivity contribution >= 4 is 22.4 Å². The van der Waals surface area contributed by atoms with Gasteiger partial charge in [0.15, 0.2) is 0 Å². The number of nitrogens with zero attached hydrogens (tertiary/aromatic N) is 3. The van der Waals surface area contributed by atoms with E-state index in [9.17, 15) is 9.59 Å². The van der Waals surface area contributed by atoms with Crippen LogP contribution in [0.4, 0.5) is 5.13 Å². The van der Waals surface area contributed by atoms with E-state index in [2.05, 4.69) is 44.8 Å². The van der Waals surface area contributed by atoms with Gasteiger partial charge in [-0.2, -0.15) is 5.10 Å². The molecule has 0 spiro atoms. The third-order valence-electron chi connectivity index (χ3n) is 3.48. The standard InChI is InChI=1S/C16H15N5O2S/c1-2-11(10-6-4-3-5-7-10)15-20-21-16(24-15)17-14(23)12-8-9-13(22)19-18-12/h3-9,11H,2H2,1H3,(H,19,22)(H,17,21,23). The summed E-state index contributed by atoms with van der Waals surface area (Å²) in [6, 6.07) is 12.7. The molecular weight excluding hydrogens is 326 g/mol. The van der Waals surface area contributed by atoms with E-state index in [1.54, 1.807) is 0 Å². The fourth-order valence-corrected chi connectivity index (χ4v) is 3.25. The Balaban J connectivity index is 1.76. The number of H-pyrrole nitrogens is 1. The number of aromatic nitrogens is 4. The molecule has 0 saturated heterocycles. The van der Waals surface area contributed by atoms with Gasteiger partial charge in [-0.3, -0.25) is 14.9 Å². The molecule has 0 aliphatic carbocycles. The number of rotatable bonds is 5. The van der Waals surface area contributed by atoms with Crippen molar-refractivity contribution in [3.63, 3.8) is 0 Å². The molecule has 1 unspecified atom stereocenters. The van der Waals surface area contributed by atoms with Crippen LogP contribution in [-0.4, -0.2) is 26.3 Å². The highest BCUT2D eigenvalue weighted by Crippen LogP contribution is 2.31. The predicted octanol–water partition coefficient (Wildman–Crippen LogP) is 2.42. The zero-order valence-electron chi connectivity index (χ0n) is 12.9. The van der Waals surface area contributed by atoms with Crippen molar-refractivity contribution in [2.45, 2.75) is 19.3 Å². The quantitative estimate of drug-likeness (QED) is 0.742. The van der Waals surface area contributed by atoms with Crippen LogP contribution in [0.25, 0.3) is 0 Å². The van der Waals surface area contributed by atoms with Crippen molar-refractivity contribution in [1.82, 2.24) is 20.4 Å². The maximum atomic E-state index is 12.1. The van der Waals surface area contributed by atoms with Crippen molar-refractivity contribution in [1.29, 1.82) is 0 Å². The molecule has 0 aliphatic rings. The fraction of sp³-hybridized carbons (Fsp3) is 0.188. The van der Waals surface area contributed by atoms with Crippen molar-refractivity contribution in [3.8, 4) is 0 Å². The summed E-state index contributed by atoms with van der Waals surface area (Å²) < 4.78 is 0. The van der Waals surface area contributed by atoms with Crippen LogP contribution >= 0.6 is 11.3 Å². The van der Waals surface area contributed by atoms with Crippen LogP contribution in [0.1, 0.15) is 40.3 Å². The van der Waals surface area contributed by atoms with Crippen molar-refractivity contribution < 1.29 is 4.79 Å². The average molecular weight is 341 g/mol. The Labute approximate surface area is 141 Å². The Morgan fingerprint density at radius 2 is 2.00 bits per heavy atom. The van der Waals surface area contributed by atoms with Gasteiger partial charge >= 0.3 is 0 Å². The number of hydrogen-bond donors (Lipinski definition) is 2. The fourth-order valence-electron chi connectivity index (χ4n) is 2.30. The third kappa shape index (κ3) is 3.54. The summed E-state index contributed by atoms with van der Waals surface area (Å²) in [4.78, 5) is 23.1. The lowest BCUT2D eigenvalue weighted by Gasteiger charge is -2.10. The van der Waals surface area contributed by atoms with Gasteiger partial charge in [0.1, 0.15) is 10.7 Å². The lowest BCUT2D eigenvalue weighted by molar-refractivity contribution is 0.102. The first-order chi connectivity index (χ1) is 11.7. The largest absolute Gasteiger partial charge is 0.295 e. The smallest absolute Gasteiger partial charge is 0.277 e. The van der Waals surface area contributed by atoms with E-state index >= 15 is 0 Å². The summed E-state index contributed by atoms with van der Waals surface area (Å²) in [6.45, 7) is 2.08. The van der Waals surface area contributed by atoms with Crippen LogP contribution in [0.2, 0.25) is 0 Å². The van der Waals surface area contributed by atoms with Gasteiger partial charge in [-0.1, -0.05) is 48.6 Å². The Kier molecular flexibility index (Phi) is 4.76. The Morgan fingerprint density at radius 3 is 2.67 bits per heavy atom. The first-order valence-corrected chi connectivity index (χ1v) is 8.24. The summed E-state index contributed by atoms with van der Waals surface area (Å²) in [6.07, 6.45) is 0.883. The lowest BCUT2D eigenvalue weighted by Crippen LogP contribution is -2.17. The molecule has 3 aromatic rings. The summed E-state index contributed by atoms with van der Waals surface area (Å²) in [5.41, 5.74) is 0.913. The second-order valence-corrected chi connectivity index (χ2v) is 6.09. The molecule has 1 aromatic carbocycles. The normalized spacial score (nSPS) is 11.9. The van der Waals surface area contributed by atoms with Gasteiger partial charge in [-0.15, -0.1) is 10.2 Å². The van der Waals surface area contributed by atoms with Gasteiger partial charge in [0.05, 0.1) is 0 Å². The van der Waals surface area contributed by atoms with Gasteiger partial charge in [-0.25, -0.2) is 5.10 Å². The zero-order chi connectivity index (χ0) is 16.9. The highest BCUT2D eigenvalue weighted by atomic mass is 32.1. The molecule has 2 heterocycles. The van der Waals surface area contributed by atoms with Crippen LogP contribution in [0.5, 0.6) is 0 Å². The summed E-state index contributed by atoms with van der Waals surface area (Å²) in [5.74, 6) is -0.303. The van der Waals surface area contributed by atoms with Gasteiger partial charge in [0, 0.05) is 12.0 Å². The molecule has 0 aliphatic heterocycles. The van der Waals surface area contributed by atoms with Gasteiger partial charge in [0.25, 0.3) is 11.5 Å². The zero-order valence-corrected chi connectivity index (χ0v) is 13.7. The van der Waals surface area contributed by atoms with Crippen molar-refractivity contribution in [2.24, 2.45) is 0 Å². The number of anilines is 1. The maximum absolute atomic E-state index is 12.1. The maximum Gasteiger partial charge on any atom is 0.277 e. The number of benzene rings is 1. The third-order valence-corrected chi connectivity index (χ3v) is 4.43. The number of carbonyl (C=O) groups is 1. The van der Waals surface area contributed by atoms with Gasteiger partial charge < -0.3 is 0 Å². The van der Waals surface area contributed by atoms with Crippen molar-refractivity contribution in [3.05, 3.63) is 69.1 Å². The topological polar surface area (TPSA) is 101 Å². The summed E-state index contributed by atoms with van der Waals surface area (Å²) in [5, 5.41) is 18.0. The molecule has 0 radical (unpaired) electrons. The highest BCUT2D eigenvalue weighted by molar-refractivity contribution is 7.15. The second-order valence-electron chi connectivity index (χ2n) is 5.08. The first-order valence-electron chi connectivity index (χ1n) is 7.42. The molecule has 7 nitrogen and oxygen atoms in total. The van der Waals surface area contributed by atoms with Crippen LogP contribution in [0.3, 0.4) is 0 Å². The molecular formula is C16H15N5O2S. The Hall–Kier alpha value is -2.87. The molecule has 0 saturated carbocycles. The number of carbonyl (C=O) groups excluding carboxylic acids is 1. The van der Waals surface area contributed by atoms with Crippen LogP contribution < -0.4 is 10.9 Å². The van der Waals surface area contributed by atoms with Gasteiger partial charge in [-0.05, 0) is 18.1 Å². The van der Waals surface area contributed by atoms with E-state index in [0.717, 1.165) is 17.0 Å². The molecule has 1 amide bonds. The number of aromatic amines is 1. The SMILES string of the molecule is CCC(c1ccccc1)c1nnc(NC(=O)c2ccc(=O)[nH]n2)s1. The monoisotopic (exact) mass is 341 g/mol. The Bertz CT molecular complexity index is 870. The minimum atomic E-state index is -0.443. The van der Waals surface area contributed by atoms with E-state index in [1.807, 2.05) is 18.2 Å². The number of amides is 1. The second kappa shape index (κ2) is 7.14. The summed E-state index contributed by atoms with van der Waals surface area (Å²) in [7, 11) is 0. The molecule has 0 bridgehead atoms. The molecule has 3 rings (SSSR count). The lowest BCUT2D eigenvalue weighted by atomic mass is 9.97. The minimum Gasteiger partial charge on any atom is -0.295 e. The summed E-state index contributed by atoms with van der Waals surface area (Å²) >= 11 is 1.33. The van der Waals surface area contributed by atoms with E-state index in [-0.39, 0.29) is 17.2 Å². The number of nitrogens with one attached hydrogen (secondary N) is 2. The van der Waals surface area contributed by atoms with Gasteiger partial charge in [0.2, 0.25) is 5.13 Å². The van der Waals surface area contributed by atoms with Crippen LogP contribution in [0.15, 0.2) is 47.3 Å². The molecule has 2 N–H and O–H groups in total. The molecule has 122 valence electrons.